The summed E-state index contributed by atoms with van der Waals surface area (Å²) in [5.74, 6) is 0.571. The normalized spacial score (nSPS) is 14.1. The van der Waals surface area contributed by atoms with Crippen LogP contribution in [0.5, 0.6) is 5.75 Å². The van der Waals surface area contributed by atoms with Crippen molar-refractivity contribution < 1.29 is 17.9 Å². The van der Waals surface area contributed by atoms with Crippen LogP contribution in [0, 0.1) is 13.8 Å². The zero-order valence-electron chi connectivity index (χ0n) is 19.9. The molecule has 0 radical (unpaired) electrons. The van der Waals surface area contributed by atoms with Crippen LogP contribution in [0.4, 0.5) is 11.4 Å². The van der Waals surface area contributed by atoms with E-state index in [1.807, 2.05) is 44.2 Å². The number of ether oxygens (including phenoxy) is 1. The molecule has 1 aliphatic heterocycles. The number of rotatable bonds is 6. The van der Waals surface area contributed by atoms with E-state index < -0.39 is 10.0 Å². The van der Waals surface area contributed by atoms with Crippen LogP contribution < -0.4 is 14.4 Å². The maximum Gasteiger partial charge on any atom is 0.263 e. The van der Waals surface area contributed by atoms with Crippen molar-refractivity contribution in [3.63, 3.8) is 0 Å². The van der Waals surface area contributed by atoms with Crippen molar-refractivity contribution in [2.75, 3.05) is 42.9 Å². The first-order chi connectivity index (χ1) is 16.7. The molecule has 0 unspecified atom stereocenters. The van der Waals surface area contributed by atoms with Crippen molar-refractivity contribution in [3.8, 4) is 5.75 Å². The second kappa shape index (κ2) is 10.2. The van der Waals surface area contributed by atoms with Crippen LogP contribution in [0.25, 0.3) is 0 Å². The molecule has 9 heteroatoms. The number of hydrogen-bond acceptors (Lipinski definition) is 5. The van der Waals surface area contributed by atoms with E-state index in [9.17, 15) is 13.2 Å². The van der Waals surface area contributed by atoms with Crippen LogP contribution in [0.1, 0.15) is 21.5 Å². The minimum absolute atomic E-state index is 0.0576. The Morgan fingerprint density at radius 3 is 2.23 bits per heavy atom. The lowest BCUT2D eigenvalue weighted by atomic mass is 10.1. The number of carbonyl (C=O) groups is 1. The zero-order chi connectivity index (χ0) is 25.2. The molecule has 0 atom stereocenters. The highest BCUT2D eigenvalue weighted by Gasteiger charge is 2.25. The SMILES string of the molecule is COc1ccc(N2CCN(C(=O)c3ccc(Cl)c(S(=O)(=O)Nc4ccc(C)c(C)c4)c3)CC2)cc1. The number of nitrogens with zero attached hydrogens (tertiary/aromatic N) is 2. The van der Waals surface area contributed by atoms with Crippen LogP contribution in [-0.2, 0) is 10.0 Å². The lowest BCUT2D eigenvalue weighted by molar-refractivity contribution is 0.0746. The Morgan fingerprint density at radius 1 is 0.914 bits per heavy atom. The fourth-order valence-corrected chi connectivity index (χ4v) is 5.58. The molecule has 3 aromatic carbocycles. The molecule has 1 N–H and O–H groups in total. The lowest BCUT2D eigenvalue weighted by Gasteiger charge is -2.36. The first-order valence-electron chi connectivity index (χ1n) is 11.3. The molecule has 1 amide bonds. The van der Waals surface area contributed by atoms with Gasteiger partial charge in [0, 0.05) is 43.1 Å². The van der Waals surface area contributed by atoms with Gasteiger partial charge in [-0.15, -0.1) is 0 Å². The van der Waals surface area contributed by atoms with Crippen molar-refractivity contribution in [2.45, 2.75) is 18.7 Å². The first-order valence-corrected chi connectivity index (χ1v) is 13.1. The van der Waals surface area contributed by atoms with E-state index in [1.165, 1.54) is 12.1 Å². The molecule has 0 bridgehead atoms. The van der Waals surface area contributed by atoms with Crippen LogP contribution in [0.15, 0.2) is 65.6 Å². The predicted octanol–water partition coefficient (Wildman–Crippen LogP) is 4.73. The van der Waals surface area contributed by atoms with Gasteiger partial charge in [-0.25, -0.2) is 8.42 Å². The van der Waals surface area contributed by atoms with Crippen molar-refractivity contribution in [1.29, 1.82) is 0 Å². The number of carbonyl (C=O) groups excluding carboxylic acids is 1. The van der Waals surface area contributed by atoms with Crippen molar-refractivity contribution in [3.05, 3.63) is 82.4 Å². The van der Waals surface area contributed by atoms with Crippen LogP contribution in [0.2, 0.25) is 5.02 Å². The van der Waals surface area contributed by atoms with Crippen LogP contribution >= 0.6 is 11.6 Å². The zero-order valence-corrected chi connectivity index (χ0v) is 21.5. The Kier molecular flexibility index (Phi) is 7.23. The van der Waals surface area contributed by atoms with E-state index in [0.29, 0.717) is 31.9 Å². The van der Waals surface area contributed by atoms with Gasteiger partial charge in [0.2, 0.25) is 0 Å². The largest absolute Gasteiger partial charge is 0.497 e. The quantitative estimate of drug-likeness (QED) is 0.515. The van der Waals surface area contributed by atoms with Gasteiger partial charge in [-0.3, -0.25) is 9.52 Å². The van der Waals surface area contributed by atoms with E-state index in [1.54, 1.807) is 30.2 Å². The van der Waals surface area contributed by atoms with Gasteiger partial charge in [-0.05, 0) is 79.6 Å². The lowest BCUT2D eigenvalue weighted by Crippen LogP contribution is -2.48. The number of sulfonamides is 1. The van der Waals surface area contributed by atoms with E-state index in [0.717, 1.165) is 22.6 Å². The highest BCUT2D eigenvalue weighted by molar-refractivity contribution is 7.92. The molecule has 0 aromatic heterocycles. The van der Waals surface area contributed by atoms with Crippen molar-refractivity contribution >= 4 is 38.9 Å². The maximum atomic E-state index is 13.2. The molecule has 184 valence electrons. The summed E-state index contributed by atoms with van der Waals surface area (Å²) >= 11 is 6.24. The summed E-state index contributed by atoms with van der Waals surface area (Å²) < 4.78 is 33.9. The third-order valence-corrected chi connectivity index (χ3v) is 8.09. The third-order valence-electron chi connectivity index (χ3n) is 6.23. The Bertz CT molecular complexity index is 1340. The number of methoxy groups -OCH3 is 1. The first kappa shape index (κ1) is 24.9. The van der Waals surface area contributed by atoms with E-state index in [2.05, 4.69) is 9.62 Å². The summed E-state index contributed by atoms with van der Waals surface area (Å²) in [5.41, 5.74) is 3.82. The topological polar surface area (TPSA) is 79.0 Å². The average Bonchev–Trinajstić information content (AvgIpc) is 2.86. The summed E-state index contributed by atoms with van der Waals surface area (Å²) in [5, 5.41) is 0.0576. The van der Waals surface area contributed by atoms with Gasteiger partial charge >= 0.3 is 0 Å². The van der Waals surface area contributed by atoms with E-state index in [-0.39, 0.29) is 21.4 Å². The van der Waals surface area contributed by atoms with Crippen LogP contribution in [0.3, 0.4) is 0 Å². The summed E-state index contributed by atoms with van der Waals surface area (Å²) in [7, 11) is -2.35. The number of amides is 1. The number of hydrogen-bond donors (Lipinski definition) is 1. The monoisotopic (exact) mass is 513 g/mol. The number of benzene rings is 3. The summed E-state index contributed by atoms with van der Waals surface area (Å²) in [4.78, 5) is 17.0. The van der Waals surface area contributed by atoms with Gasteiger partial charge in [0.05, 0.1) is 12.1 Å². The van der Waals surface area contributed by atoms with Gasteiger partial charge in [0.15, 0.2) is 0 Å². The molecular formula is C26H28ClN3O4S. The second-order valence-electron chi connectivity index (χ2n) is 8.53. The Balaban J connectivity index is 1.47. The van der Waals surface area contributed by atoms with Crippen molar-refractivity contribution in [2.24, 2.45) is 0 Å². The molecule has 3 aromatic rings. The van der Waals surface area contributed by atoms with E-state index in [4.69, 9.17) is 16.3 Å². The molecule has 4 rings (SSSR count). The third kappa shape index (κ3) is 5.55. The van der Waals surface area contributed by atoms with Gasteiger partial charge in [0.1, 0.15) is 10.6 Å². The Hall–Kier alpha value is -3.23. The number of anilines is 2. The minimum atomic E-state index is -3.98. The minimum Gasteiger partial charge on any atom is -0.497 e. The number of piperazine rings is 1. The predicted molar refractivity (Wildman–Crippen MR) is 139 cm³/mol. The van der Waals surface area contributed by atoms with Crippen LogP contribution in [-0.4, -0.2) is 52.5 Å². The summed E-state index contributed by atoms with van der Waals surface area (Å²) in [6.07, 6.45) is 0. The average molecular weight is 514 g/mol. The molecular weight excluding hydrogens is 486 g/mol. The smallest absolute Gasteiger partial charge is 0.263 e. The van der Waals surface area contributed by atoms with E-state index >= 15 is 0 Å². The fourth-order valence-electron chi connectivity index (χ4n) is 4.00. The van der Waals surface area contributed by atoms with Gasteiger partial charge in [0.25, 0.3) is 15.9 Å². The molecule has 1 fully saturated rings. The van der Waals surface area contributed by atoms with Gasteiger partial charge in [-0.1, -0.05) is 17.7 Å². The molecule has 1 saturated heterocycles. The number of nitrogens with one attached hydrogen (secondary N) is 1. The number of halogens is 1. The number of aryl methyl sites for hydroxylation is 2. The molecule has 7 nitrogen and oxygen atoms in total. The van der Waals surface area contributed by atoms with Crippen molar-refractivity contribution in [1.82, 2.24) is 4.90 Å². The maximum absolute atomic E-state index is 13.2. The molecule has 1 aliphatic rings. The molecule has 0 saturated carbocycles. The molecule has 0 spiro atoms. The van der Waals surface area contributed by atoms with Gasteiger partial charge in [-0.2, -0.15) is 0 Å². The highest BCUT2D eigenvalue weighted by Crippen LogP contribution is 2.27. The molecule has 1 heterocycles. The second-order valence-corrected chi connectivity index (χ2v) is 10.6. The summed E-state index contributed by atoms with van der Waals surface area (Å²) in [6, 6.07) is 17.5. The fraction of sp³-hybridized carbons (Fsp3) is 0.269. The Morgan fingerprint density at radius 2 is 1.60 bits per heavy atom. The Labute approximate surface area is 211 Å². The molecule has 35 heavy (non-hydrogen) atoms. The summed E-state index contributed by atoms with van der Waals surface area (Å²) in [6.45, 7) is 6.26. The molecule has 0 aliphatic carbocycles. The standard InChI is InChI=1S/C26H28ClN3O4S/c1-18-4-6-21(16-19(18)2)28-35(32,33)25-17-20(5-11-24(25)27)26(31)30-14-12-29(13-15-30)22-7-9-23(34-3)10-8-22/h4-11,16-17,28H,12-15H2,1-3H3. The van der Waals surface area contributed by atoms with Gasteiger partial charge < -0.3 is 14.5 Å². The highest BCUT2D eigenvalue weighted by atomic mass is 35.5.